The molecule has 0 aromatic rings. The van der Waals surface area contributed by atoms with Gasteiger partial charge < -0.3 is 5.32 Å². The average Bonchev–Trinajstić information content (AvgIpc) is 2.17. The van der Waals surface area contributed by atoms with E-state index in [0.717, 1.165) is 19.4 Å². The van der Waals surface area contributed by atoms with Crippen LogP contribution >= 0.6 is 0 Å². The van der Waals surface area contributed by atoms with Crippen molar-refractivity contribution in [3.05, 3.63) is 0 Å². The minimum Gasteiger partial charge on any atom is -0.316 e. The molecule has 0 aliphatic carbocycles. The van der Waals surface area contributed by atoms with E-state index in [1.54, 1.807) is 0 Å². The fraction of sp³-hybridized carbons (Fsp3) is 1.00. The second-order valence-electron chi connectivity index (χ2n) is 4.04. The Labute approximate surface area is 93.9 Å². The lowest BCUT2D eigenvalue weighted by Gasteiger charge is -2.27. The van der Waals surface area contributed by atoms with E-state index in [4.69, 9.17) is 0 Å². The highest BCUT2D eigenvalue weighted by Crippen LogP contribution is 2.14. The maximum Gasteiger partial charge on any atom is 0.213 e. The molecule has 15 heavy (non-hydrogen) atoms. The molecule has 0 fully saturated rings. The summed E-state index contributed by atoms with van der Waals surface area (Å²) in [6, 6.07) is 0. The van der Waals surface area contributed by atoms with Gasteiger partial charge in [-0.15, -0.1) is 0 Å². The van der Waals surface area contributed by atoms with Crippen molar-refractivity contribution in [3.63, 3.8) is 0 Å². The summed E-state index contributed by atoms with van der Waals surface area (Å²) in [5, 5.41) is 3.01. The maximum atomic E-state index is 11.7. The SMILES string of the molecule is CCNCCS(=O)(=O)NC(C)(CC)CC. The topological polar surface area (TPSA) is 58.2 Å². The average molecular weight is 236 g/mol. The molecule has 0 aliphatic heterocycles. The van der Waals surface area contributed by atoms with E-state index in [2.05, 4.69) is 10.0 Å². The van der Waals surface area contributed by atoms with Gasteiger partial charge in [0.15, 0.2) is 0 Å². The highest BCUT2D eigenvalue weighted by molar-refractivity contribution is 7.89. The standard InChI is InChI=1S/C10H24N2O2S/c1-5-10(4,6-2)12-15(13,14)9-8-11-7-3/h11-12H,5-9H2,1-4H3. The summed E-state index contributed by atoms with van der Waals surface area (Å²) in [5.74, 6) is 0.149. The van der Waals surface area contributed by atoms with Gasteiger partial charge in [0.1, 0.15) is 0 Å². The summed E-state index contributed by atoms with van der Waals surface area (Å²) >= 11 is 0. The quantitative estimate of drug-likeness (QED) is 0.620. The summed E-state index contributed by atoms with van der Waals surface area (Å²) in [4.78, 5) is 0. The Kier molecular flexibility index (Phi) is 6.40. The first kappa shape index (κ1) is 14.9. The Balaban J connectivity index is 4.24. The van der Waals surface area contributed by atoms with Crippen molar-refractivity contribution in [3.8, 4) is 0 Å². The molecule has 92 valence electrons. The molecule has 4 nitrogen and oxygen atoms in total. The monoisotopic (exact) mass is 236 g/mol. The first-order valence-electron chi connectivity index (χ1n) is 5.61. The van der Waals surface area contributed by atoms with Gasteiger partial charge in [0.2, 0.25) is 10.0 Å². The second-order valence-corrected chi connectivity index (χ2v) is 5.88. The van der Waals surface area contributed by atoms with E-state index in [1.807, 2.05) is 27.7 Å². The third-order valence-electron chi connectivity index (χ3n) is 2.76. The fourth-order valence-corrected chi connectivity index (χ4v) is 2.76. The maximum absolute atomic E-state index is 11.7. The summed E-state index contributed by atoms with van der Waals surface area (Å²) in [6.07, 6.45) is 1.62. The summed E-state index contributed by atoms with van der Waals surface area (Å²) in [7, 11) is -3.15. The molecule has 0 spiro atoms. The lowest BCUT2D eigenvalue weighted by molar-refractivity contribution is 0.388. The number of sulfonamides is 1. The van der Waals surface area contributed by atoms with Crippen LogP contribution in [0.25, 0.3) is 0 Å². The predicted octanol–water partition coefficient (Wildman–Crippen LogP) is 1.09. The van der Waals surface area contributed by atoms with Crippen LogP contribution in [-0.2, 0) is 10.0 Å². The van der Waals surface area contributed by atoms with Crippen molar-refractivity contribution in [1.29, 1.82) is 0 Å². The molecule has 0 aromatic heterocycles. The Morgan fingerprint density at radius 1 is 1.13 bits per heavy atom. The van der Waals surface area contributed by atoms with E-state index >= 15 is 0 Å². The van der Waals surface area contributed by atoms with Gasteiger partial charge >= 0.3 is 0 Å². The number of hydrogen-bond acceptors (Lipinski definition) is 3. The van der Waals surface area contributed by atoms with Gasteiger partial charge in [0, 0.05) is 12.1 Å². The molecule has 0 aliphatic rings. The Morgan fingerprint density at radius 2 is 1.67 bits per heavy atom. The summed E-state index contributed by atoms with van der Waals surface area (Å²) in [6.45, 7) is 9.20. The van der Waals surface area contributed by atoms with Gasteiger partial charge in [-0.05, 0) is 26.3 Å². The van der Waals surface area contributed by atoms with Crippen molar-refractivity contribution in [1.82, 2.24) is 10.0 Å². The molecule has 0 bridgehead atoms. The second kappa shape index (κ2) is 6.45. The number of rotatable bonds is 8. The lowest BCUT2D eigenvalue weighted by atomic mass is 9.98. The van der Waals surface area contributed by atoms with Gasteiger partial charge in [0.05, 0.1) is 5.75 Å². The molecule has 0 aromatic carbocycles. The van der Waals surface area contributed by atoms with Crippen LogP contribution in [0.5, 0.6) is 0 Å². The van der Waals surface area contributed by atoms with Crippen molar-refractivity contribution in [2.45, 2.75) is 46.1 Å². The molecule has 0 rings (SSSR count). The molecular formula is C10H24N2O2S. The first-order valence-corrected chi connectivity index (χ1v) is 7.26. The zero-order valence-corrected chi connectivity index (χ0v) is 11.1. The summed E-state index contributed by atoms with van der Waals surface area (Å²) < 4.78 is 26.1. The van der Waals surface area contributed by atoms with Crippen LogP contribution in [0.15, 0.2) is 0 Å². The molecule has 5 heteroatoms. The van der Waals surface area contributed by atoms with Crippen LogP contribution in [0.3, 0.4) is 0 Å². The number of nitrogens with one attached hydrogen (secondary N) is 2. The zero-order chi connectivity index (χ0) is 11.9. The van der Waals surface area contributed by atoms with Crippen LogP contribution < -0.4 is 10.0 Å². The summed E-state index contributed by atoms with van der Waals surface area (Å²) in [5.41, 5.74) is -0.301. The molecule has 0 heterocycles. The zero-order valence-electron chi connectivity index (χ0n) is 10.3. The fourth-order valence-electron chi connectivity index (χ4n) is 1.20. The van der Waals surface area contributed by atoms with Crippen molar-refractivity contribution in [2.75, 3.05) is 18.8 Å². The van der Waals surface area contributed by atoms with Gasteiger partial charge in [-0.2, -0.15) is 0 Å². The minimum atomic E-state index is -3.15. The van der Waals surface area contributed by atoms with Crippen LogP contribution in [0.1, 0.15) is 40.5 Å². The van der Waals surface area contributed by atoms with Crippen LogP contribution in [-0.4, -0.2) is 32.8 Å². The van der Waals surface area contributed by atoms with E-state index < -0.39 is 10.0 Å². The largest absolute Gasteiger partial charge is 0.316 e. The van der Waals surface area contributed by atoms with Crippen molar-refractivity contribution >= 4 is 10.0 Å². The smallest absolute Gasteiger partial charge is 0.213 e. The first-order chi connectivity index (χ1) is 6.89. The molecule has 0 radical (unpaired) electrons. The Morgan fingerprint density at radius 3 is 2.07 bits per heavy atom. The minimum absolute atomic E-state index is 0.149. The molecule has 0 saturated carbocycles. The van der Waals surface area contributed by atoms with E-state index in [9.17, 15) is 8.42 Å². The lowest BCUT2D eigenvalue weighted by Crippen LogP contribution is -2.46. The van der Waals surface area contributed by atoms with E-state index in [1.165, 1.54) is 0 Å². The van der Waals surface area contributed by atoms with Crippen LogP contribution in [0.4, 0.5) is 0 Å². The number of hydrogen-bond donors (Lipinski definition) is 2. The Hall–Kier alpha value is -0.130. The van der Waals surface area contributed by atoms with Gasteiger partial charge in [-0.25, -0.2) is 13.1 Å². The molecule has 0 amide bonds. The van der Waals surface area contributed by atoms with Crippen LogP contribution in [0, 0.1) is 0 Å². The van der Waals surface area contributed by atoms with E-state index in [-0.39, 0.29) is 11.3 Å². The third-order valence-corrected chi connectivity index (χ3v) is 4.31. The molecule has 0 unspecified atom stereocenters. The van der Waals surface area contributed by atoms with Crippen LogP contribution in [0.2, 0.25) is 0 Å². The molecular weight excluding hydrogens is 212 g/mol. The normalized spacial score (nSPS) is 13.1. The highest BCUT2D eigenvalue weighted by atomic mass is 32.2. The van der Waals surface area contributed by atoms with Gasteiger partial charge in [0.25, 0.3) is 0 Å². The van der Waals surface area contributed by atoms with Gasteiger partial charge in [-0.3, -0.25) is 0 Å². The van der Waals surface area contributed by atoms with Gasteiger partial charge in [-0.1, -0.05) is 20.8 Å². The van der Waals surface area contributed by atoms with E-state index in [0.29, 0.717) is 6.54 Å². The molecule has 0 atom stereocenters. The Bertz CT molecular complexity index is 259. The van der Waals surface area contributed by atoms with Crippen molar-refractivity contribution < 1.29 is 8.42 Å². The molecule has 0 saturated heterocycles. The predicted molar refractivity (Wildman–Crippen MR) is 64.5 cm³/mol. The highest BCUT2D eigenvalue weighted by Gasteiger charge is 2.25. The molecule has 2 N–H and O–H groups in total. The third kappa shape index (κ3) is 6.12. The van der Waals surface area contributed by atoms with Crippen molar-refractivity contribution in [2.24, 2.45) is 0 Å².